The van der Waals surface area contributed by atoms with Crippen molar-refractivity contribution in [1.82, 2.24) is 0 Å². The molecule has 5 nitrogen and oxygen atoms in total. The number of benzene rings is 2. The topological polar surface area (TPSA) is 78.5 Å². The highest BCUT2D eigenvalue weighted by molar-refractivity contribution is 5.94. The molecule has 0 saturated carbocycles. The van der Waals surface area contributed by atoms with E-state index in [9.17, 15) is 14.7 Å². The van der Waals surface area contributed by atoms with E-state index in [1.807, 2.05) is 24.3 Å². The summed E-state index contributed by atoms with van der Waals surface area (Å²) in [5.41, 5.74) is 1.46. The third-order valence-electron chi connectivity index (χ3n) is 3.80. The highest BCUT2D eigenvalue weighted by Gasteiger charge is 2.11. The van der Waals surface area contributed by atoms with E-state index in [4.69, 9.17) is 4.74 Å². The number of carbonyl (C=O) groups is 2. The molecule has 2 aromatic rings. The molecule has 1 atom stereocenters. The number of anilines is 1. The van der Waals surface area contributed by atoms with Gasteiger partial charge in [0.15, 0.2) is 6.61 Å². The first kappa shape index (κ1) is 17.5. The predicted molar refractivity (Wildman–Crippen MR) is 90.0 cm³/mol. The molecule has 2 rings (SSSR count). The van der Waals surface area contributed by atoms with Crippen LogP contribution in [0.5, 0.6) is 5.75 Å². The fourth-order valence-electron chi connectivity index (χ4n) is 2.30. The summed E-state index contributed by atoms with van der Waals surface area (Å²) < 4.78 is 5.63. The largest absolute Gasteiger partial charge is 0.545 e. The first-order chi connectivity index (χ1) is 11.5. The number of carboxylic acid groups (broad SMARTS) is 1. The first-order valence-corrected chi connectivity index (χ1v) is 7.84. The van der Waals surface area contributed by atoms with Gasteiger partial charge in [-0.3, -0.25) is 4.79 Å². The Balaban J connectivity index is 1.99. The molecular formula is C19H20NO4-. The summed E-state index contributed by atoms with van der Waals surface area (Å²) in [4.78, 5) is 22.8. The number of nitrogens with one attached hydrogen (secondary N) is 1. The van der Waals surface area contributed by atoms with Crippen LogP contribution in [0.25, 0.3) is 0 Å². The van der Waals surface area contributed by atoms with Gasteiger partial charge in [0, 0.05) is 5.69 Å². The average Bonchev–Trinajstić information content (AvgIpc) is 2.59. The molecule has 0 spiro atoms. The van der Waals surface area contributed by atoms with Gasteiger partial charge in [0.1, 0.15) is 5.75 Å². The van der Waals surface area contributed by atoms with E-state index in [2.05, 4.69) is 19.2 Å². The minimum Gasteiger partial charge on any atom is -0.545 e. The van der Waals surface area contributed by atoms with Gasteiger partial charge in [-0.05, 0) is 41.7 Å². The van der Waals surface area contributed by atoms with E-state index in [1.54, 1.807) is 12.1 Å². The summed E-state index contributed by atoms with van der Waals surface area (Å²) in [7, 11) is 0. The normalized spacial score (nSPS) is 11.6. The Hall–Kier alpha value is -2.82. The number of para-hydroxylation sites is 1. The molecule has 0 radical (unpaired) electrons. The molecule has 1 amide bonds. The number of hydrogen-bond donors (Lipinski definition) is 1. The van der Waals surface area contributed by atoms with Crippen molar-refractivity contribution < 1.29 is 19.4 Å². The lowest BCUT2D eigenvalue weighted by molar-refractivity contribution is -0.255. The number of amides is 1. The summed E-state index contributed by atoms with van der Waals surface area (Å²) in [6.07, 6.45) is 0.975. The van der Waals surface area contributed by atoms with Crippen LogP contribution in [0, 0.1) is 0 Å². The van der Waals surface area contributed by atoms with Crippen LogP contribution in [-0.2, 0) is 4.79 Å². The van der Waals surface area contributed by atoms with Crippen LogP contribution >= 0.6 is 0 Å². The van der Waals surface area contributed by atoms with Crippen LogP contribution < -0.4 is 15.2 Å². The Morgan fingerprint density at radius 2 is 1.92 bits per heavy atom. The quantitative estimate of drug-likeness (QED) is 0.848. The monoisotopic (exact) mass is 326 g/mol. The van der Waals surface area contributed by atoms with Gasteiger partial charge < -0.3 is 20.0 Å². The lowest BCUT2D eigenvalue weighted by Crippen LogP contribution is -2.23. The van der Waals surface area contributed by atoms with Gasteiger partial charge in [-0.2, -0.15) is 0 Å². The third kappa shape index (κ3) is 4.59. The van der Waals surface area contributed by atoms with E-state index >= 15 is 0 Å². The number of hydrogen-bond acceptors (Lipinski definition) is 4. The Morgan fingerprint density at radius 3 is 2.62 bits per heavy atom. The lowest BCUT2D eigenvalue weighted by atomic mass is 9.98. The van der Waals surface area contributed by atoms with Gasteiger partial charge >= 0.3 is 0 Å². The van der Waals surface area contributed by atoms with Crippen molar-refractivity contribution in [1.29, 1.82) is 0 Å². The minimum absolute atomic E-state index is 0.0100. The summed E-state index contributed by atoms with van der Waals surface area (Å²) in [6, 6.07) is 13.5. The Bertz CT molecular complexity index is 727. The van der Waals surface area contributed by atoms with Gasteiger partial charge in [-0.1, -0.05) is 44.2 Å². The van der Waals surface area contributed by atoms with Crippen LogP contribution in [0.15, 0.2) is 48.5 Å². The van der Waals surface area contributed by atoms with Crippen LogP contribution in [0.1, 0.15) is 42.1 Å². The number of carboxylic acids is 1. The second kappa shape index (κ2) is 8.15. The molecule has 126 valence electrons. The average molecular weight is 326 g/mol. The standard InChI is InChI=1S/C19H21NO4/c1-3-13(2)16-9-4-5-10-17(16)24-12-18(21)20-15-8-6-7-14(11-15)19(22)23/h4-11,13H,3,12H2,1-2H3,(H,20,21)(H,22,23)/p-1/t13-/m1/s1. The maximum absolute atomic E-state index is 12.0. The first-order valence-electron chi connectivity index (χ1n) is 7.84. The summed E-state index contributed by atoms with van der Waals surface area (Å²) >= 11 is 0. The smallest absolute Gasteiger partial charge is 0.262 e. The number of aromatic carboxylic acids is 1. The predicted octanol–water partition coefficient (Wildman–Crippen LogP) is 2.58. The van der Waals surface area contributed by atoms with E-state index in [1.165, 1.54) is 12.1 Å². The Kier molecular flexibility index (Phi) is 5.95. The zero-order chi connectivity index (χ0) is 17.5. The molecule has 0 aliphatic rings. The fourth-order valence-corrected chi connectivity index (χ4v) is 2.30. The minimum atomic E-state index is -1.29. The molecule has 0 saturated heterocycles. The van der Waals surface area contributed by atoms with Crippen molar-refractivity contribution in [2.75, 3.05) is 11.9 Å². The maximum atomic E-state index is 12.0. The second-order valence-electron chi connectivity index (χ2n) is 5.55. The summed E-state index contributed by atoms with van der Waals surface area (Å²) in [5.74, 6) is -0.622. The molecule has 0 heterocycles. The van der Waals surface area contributed by atoms with Crippen molar-refractivity contribution in [3.05, 3.63) is 59.7 Å². The molecule has 0 bridgehead atoms. The molecule has 0 aliphatic heterocycles. The van der Waals surface area contributed by atoms with Crippen LogP contribution in [-0.4, -0.2) is 18.5 Å². The van der Waals surface area contributed by atoms with Gasteiger partial charge in [0.05, 0.1) is 5.97 Å². The van der Waals surface area contributed by atoms with Crippen LogP contribution in [0.3, 0.4) is 0 Å². The lowest BCUT2D eigenvalue weighted by Gasteiger charge is -2.15. The molecule has 0 aromatic heterocycles. The van der Waals surface area contributed by atoms with Crippen LogP contribution in [0.4, 0.5) is 5.69 Å². The molecule has 0 unspecified atom stereocenters. The van der Waals surface area contributed by atoms with Gasteiger partial charge in [-0.15, -0.1) is 0 Å². The zero-order valence-corrected chi connectivity index (χ0v) is 13.7. The maximum Gasteiger partial charge on any atom is 0.262 e. The molecule has 2 aromatic carbocycles. The van der Waals surface area contributed by atoms with Crippen molar-refractivity contribution >= 4 is 17.6 Å². The Morgan fingerprint density at radius 1 is 1.17 bits per heavy atom. The van der Waals surface area contributed by atoms with E-state index in [0.29, 0.717) is 17.4 Å². The third-order valence-corrected chi connectivity index (χ3v) is 3.80. The highest BCUT2D eigenvalue weighted by atomic mass is 16.5. The SMILES string of the molecule is CC[C@@H](C)c1ccccc1OCC(=O)Nc1cccc(C(=O)[O-])c1. The Labute approximate surface area is 141 Å². The van der Waals surface area contributed by atoms with E-state index < -0.39 is 5.97 Å². The van der Waals surface area contributed by atoms with E-state index in [0.717, 1.165) is 12.0 Å². The zero-order valence-electron chi connectivity index (χ0n) is 13.7. The van der Waals surface area contributed by atoms with Gasteiger partial charge in [0.2, 0.25) is 0 Å². The summed E-state index contributed by atoms with van der Waals surface area (Å²) in [5, 5.41) is 13.4. The summed E-state index contributed by atoms with van der Waals surface area (Å²) in [6.45, 7) is 4.05. The number of rotatable bonds is 7. The second-order valence-corrected chi connectivity index (χ2v) is 5.55. The number of carbonyl (C=O) groups excluding carboxylic acids is 2. The molecule has 0 fully saturated rings. The van der Waals surface area contributed by atoms with Crippen molar-refractivity contribution in [2.24, 2.45) is 0 Å². The van der Waals surface area contributed by atoms with Crippen molar-refractivity contribution in [3.8, 4) is 5.75 Å². The molecule has 1 N–H and O–H groups in total. The van der Waals surface area contributed by atoms with E-state index in [-0.39, 0.29) is 18.1 Å². The van der Waals surface area contributed by atoms with Gasteiger partial charge in [0.25, 0.3) is 5.91 Å². The van der Waals surface area contributed by atoms with Crippen molar-refractivity contribution in [2.45, 2.75) is 26.2 Å². The van der Waals surface area contributed by atoms with Crippen molar-refractivity contribution in [3.63, 3.8) is 0 Å². The highest BCUT2D eigenvalue weighted by Crippen LogP contribution is 2.28. The van der Waals surface area contributed by atoms with Gasteiger partial charge in [-0.25, -0.2) is 0 Å². The fraction of sp³-hybridized carbons (Fsp3) is 0.263. The molecule has 24 heavy (non-hydrogen) atoms. The number of ether oxygens (including phenoxy) is 1. The van der Waals surface area contributed by atoms with Crippen LogP contribution in [0.2, 0.25) is 0 Å². The molecule has 5 heteroatoms. The molecular weight excluding hydrogens is 306 g/mol. The molecule has 0 aliphatic carbocycles.